The molecule has 1 saturated heterocycles. The van der Waals surface area contributed by atoms with E-state index in [4.69, 9.17) is 0 Å². The van der Waals surface area contributed by atoms with Crippen LogP contribution in [0.15, 0.2) is 42.6 Å². The number of aryl methyl sites for hydroxylation is 2. The van der Waals surface area contributed by atoms with E-state index in [0.29, 0.717) is 5.69 Å². The number of carbonyl (C=O) groups is 1. The lowest BCUT2D eigenvalue weighted by atomic mass is 9.95. The van der Waals surface area contributed by atoms with Gasteiger partial charge in [0.2, 0.25) is 0 Å². The molecule has 122 valence electrons. The molecule has 1 aromatic carbocycles. The average Bonchev–Trinajstić information content (AvgIpc) is 2.81. The number of carbonyl (C=O) groups excluding carboxylic acids is 1. The Hall–Kier alpha value is -2.89. The second kappa shape index (κ2) is 5.63. The first-order valence-corrected chi connectivity index (χ1v) is 8.05. The number of pyridine rings is 1. The average molecular weight is 321 g/mol. The molecule has 1 N–H and O–H groups in total. The van der Waals surface area contributed by atoms with Crippen LogP contribution in [-0.4, -0.2) is 32.2 Å². The van der Waals surface area contributed by atoms with Gasteiger partial charge in [-0.3, -0.25) is 4.68 Å². The van der Waals surface area contributed by atoms with E-state index in [9.17, 15) is 4.79 Å². The van der Waals surface area contributed by atoms with Gasteiger partial charge in [0.25, 0.3) is 0 Å². The first kappa shape index (κ1) is 14.7. The Labute approximate surface area is 140 Å². The molecule has 1 atom stereocenters. The van der Waals surface area contributed by atoms with Crippen molar-refractivity contribution in [3.63, 3.8) is 0 Å². The van der Waals surface area contributed by atoms with Crippen molar-refractivity contribution in [2.24, 2.45) is 7.05 Å². The van der Waals surface area contributed by atoms with Crippen molar-refractivity contribution in [1.29, 1.82) is 0 Å². The zero-order valence-corrected chi connectivity index (χ0v) is 13.7. The summed E-state index contributed by atoms with van der Waals surface area (Å²) in [6, 6.07) is 12.1. The first-order chi connectivity index (χ1) is 11.6. The van der Waals surface area contributed by atoms with Gasteiger partial charge in [-0.15, -0.1) is 0 Å². The fourth-order valence-electron chi connectivity index (χ4n) is 3.22. The van der Waals surface area contributed by atoms with E-state index >= 15 is 0 Å². The Balaban J connectivity index is 1.53. The van der Waals surface area contributed by atoms with Gasteiger partial charge in [-0.25, -0.2) is 9.78 Å². The van der Waals surface area contributed by atoms with Crippen molar-refractivity contribution in [1.82, 2.24) is 19.7 Å². The summed E-state index contributed by atoms with van der Waals surface area (Å²) in [6.07, 6.45) is 2.68. The lowest BCUT2D eigenvalue weighted by molar-refractivity contribution is 0.126. The molecule has 1 unspecified atom stereocenters. The molecule has 1 aliphatic heterocycles. The quantitative estimate of drug-likeness (QED) is 0.788. The van der Waals surface area contributed by atoms with E-state index in [0.717, 1.165) is 29.7 Å². The Morgan fingerprint density at radius 3 is 2.79 bits per heavy atom. The molecule has 2 aromatic heterocycles. The summed E-state index contributed by atoms with van der Waals surface area (Å²) in [4.78, 5) is 18.8. The van der Waals surface area contributed by atoms with Gasteiger partial charge < -0.3 is 10.2 Å². The number of urea groups is 1. The van der Waals surface area contributed by atoms with Crippen LogP contribution in [-0.2, 0) is 7.05 Å². The summed E-state index contributed by atoms with van der Waals surface area (Å²) in [5, 5.41) is 8.27. The second-order valence-corrected chi connectivity index (χ2v) is 6.14. The molecule has 1 aliphatic rings. The minimum atomic E-state index is -0.0854. The molecule has 6 nitrogen and oxygen atoms in total. The summed E-state index contributed by atoms with van der Waals surface area (Å²) in [5.74, 6) is 0. The van der Waals surface area contributed by atoms with Gasteiger partial charge in [-0.2, -0.15) is 5.10 Å². The molecule has 2 amide bonds. The highest BCUT2D eigenvalue weighted by atomic mass is 16.2. The molecule has 0 bridgehead atoms. The number of rotatable bonds is 2. The molecule has 6 heteroatoms. The van der Waals surface area contributed by atoms with E-state index in [1.165, 1.54) is 5.56 Å². The van der Waals surface area contributed by atoms with E-state index in [-0.39, 0.29) is 12.1 Å². The summed E-state index contributed by atoms with van der Waals surface area (Å²) >= 11 is 0. The topological polar surface area (TPSA) is 63.1 Å². The van der Waals surface area contributed by atoms with Crippen LogP contribution in [0.1, 0.15) is 23.7 Å². The number of benzene rings is 1. The fourth-order valence-corrected chi connectivity index (χ4v) is 3.22. The maximum atomic E-state index is 12.6. The molecule has 0 spiro atoms. The van der Waals surface area contributed by atoms with Crippen LogP contribution in [0.4, 0.5) is 10.5 Å². The standard InChI is InChI=1S/C18H19N5O/c1-12-15-10-14(11-19-17(15)22(2)21-12)20-18(24)23-9-8-16(23)13-6-4-3-5-7-13/h3-7,10-11,16H,8-9H2,1-2H3,(H,20,24). The van der Waals surface area contributed by atoms with Crippen LogP contribution in [0.5, 0.6) is 0 Å². The maximum absolute atomic E-state index is 12.6. The monoisotopic (exact) mass is 321 g/mol. The lowest BCUT2D eigenvalue weighted by Gasteiger charge is -2.41. The number of hydrogen-bond acceptors (Lipinski definition) is 3. The van der Waals surface area contributed by atoms with Gasteiger partial charge in [0, 0.05) is 19.0 Å². The minimum Gasteiger partial charge on any atom is -0.317 e. The third-order valence-corrected chi connectivity index (χ3v) is 4.58. The van der Waals surface area contributed by atoms with Crippen LogP contribution in [0, 0.1) is 6.92 Å². The Kier molecular flexibility index (Phi) is 3.45. The summed E-state index contributed by atoms with van der Waals surface area (Å²) < 4.78 is 1.75. The smallest absolute Gasteiger partial charge is 0.317 e. The lowest BCUT2D eigenvalue weighted by Crippen LogP contribution is -2.47. The number of anilines is 1. The first-order valence-electron chi connectivity index (χ1n) is 8.05. The molecule has 0 radical (unpaired) electrons. The number of hydrogen-bond donors (Lipinski definition) is 1. The van der Waals surface area contributed by atoms with Crippen LogP contribution in [0.2, 0.25) is 0 Å². The Morgan fingerprint density at radius 1 is 1.29 bits per heavy atom. The largest absolute Gasteiger partial charge is 0.322 e. The number of aromatic nitrogens is 3. The Bertz CT molecular complexity index is 902. The molecular formula is C18H19N5O. The third-order valence-electron chi connectivity index (χ3n) is 4.58. The van der Waals surface area contributed by atoms with Gasteiger partial charge >= 0.3 is 6.03 Å². The predicted molar refractivity (Wildman–Crippen MR) is 92.8 cm³/mol. The van der Waals surface area contributed by atoms with Gasteiger partial charge in [-0.1, -0.05) is 30.3 Å². The number of nitrogens with zero attached hydrogens (tertiary/aromatic N) is 4. The van der Waals surface area contributed by atoms with Crippen molar-refractivity contribution >= 4 is 22.8 Å². The number of fused-ring (bicyclic) bond motifs is 1. The van der Waals surface area contributed by atoms with Gasteiger partial charge in [0.1, 0.15) is 0 Å². The van der Waals surface area contributed by atoms with E-state index in [1.807, 2.05) is 43.1 Å². The number of nitrogens with one attached hydrogen (secondary N) is 1. The van der Waals surface area contributed by atoms with Crippen molar-refractivity contribution in [3.05, 3.63) is 53.9 Å². The maximum Gasteiger partial charge on any atom is 0.322 e. The normalized spacial score (nSPS) is 16.9. The zero-order valence-electron chi connectivity index (χ0n) is 13.7. The summed E-state index contributed by atoms with van der Waals surface area (Å²) in [7, 11) is 1.87. The van der Waals surface area contributed by atoms with Gasteiger partial charge in [-0.05, 0) is 25.0 Å². The molecule has 0 aliphatic carbocycles. The van der Waals surface area contributed by atoms with Crippen molar-refractivity contribution in [2.45, 2.75) is 19.4 Å². The molecule has 3 aromatic rings. The highest BCUT2D eigenvalue weighted by Crippen LogP contribution is 2.33. The molecule has 24 heavy (non-hydrogen) atoms. The van der Waals surface area contributed by atoms with Crippen LogP contribution in [0.3, 0.4) is 0 Å². The van der Waals surface area contributed by atoms with E-state index in [1.54, 1.807) is 10.9 Å². The van der Waals surface area contributed by atoms with Gasteiger partial charge in [0.15, 0.2) is 5.65 Å². The van der Waals surface area contributed by atoms with Crippen molar-refractivity contribution in [2.75, 3.05) is 11.9 Å². The second-order valence-electron chi connectivity index (χ2n) is 6.14. The van der Waals surface area contributed by atoms with Crippen molar-refractivity contribution < 1.29 is 4.79 Å². The molecule has 4 rings (SSSR count). The molecule has 0 saturated carbocycles. The molecule has 1 fully saturated rings. The molecule has 3 heterocycles. The highest BCUT2D eigenvalue weighted by molar-refractivity contribution is 5.92. The number of amides is 2. The summed E-state index contributed by atoms with van der Waals surface area (Å²) in [5.41, 5.74) is 3.59. The third kappa shape index (κ3) is 2.40. The van der Waals surface area contributed by atoms with E-state index < -0.39 is 0 Å². The SMILES string of the molecule is Cc1nn(C)c2ncc(NC(=O)N3CCC3c3ccccc3)cc12. The van der Waals surface area contributed by atoms with Crippen molar-refractivity contribution in [3.8, 4) is 0 Å². The minimum absolute atomic E-state index is 0.0854. The highest BCUT2D eigenvalue weighted by Gasteiger charge is 2.33. The van der Waals surface area contributed by atoms with E-state index in [2.05, 4.69) is 27.5 Å². The molecular weight excluding hydrogens is 302 g/mol. The van der Waals surface area contributed by atoms with Crippen LogP contribution in [0.25, 0.3) is 11.0 Å². The van der Waals surface area contributed by atoms with Crippen LogP contribution >= 0.6 is 0 Å². The zero-order chi connectivity index (χ0) is 16.7. The number of likely N-dealkylation sites (tertiary alicyclic amines) is 1. The summed E-state index contributed by atoms with van der Waals surface area (Å²) in [6.45, 7) is 2.71. The fraction of sp³-hybridized carbons (Fsp3) is 0.278. The predicted octanol–water partition coefficient (Wildman–Crippen LogP) is 3.26. The van der Waals surface area contributed by atoms with Crippen LogP contribution < -0.4 is 5.32 Å². The Morgan fingerprint density at radius 2 is 2.08 bits per heavy atom. The van der Waals surface area contributed by atoms with Gasteiger partial charge in [0.05, 0.1) is 23.6 Å².